The lowest BCUT2D eigenvalue weighted by Gasteiger charge is -2.29. The monoisotopic (exact) mass is 305 g/mol. The SMILES string of the molecule is CC(C)CC(O)CNC(=O)c1cccnc1N1CCCCC1. The number of piperidine rings is 1. The van der Waals surface area contributed by atoms with Gasteiger partial charge in [0.1, 0.15) is 5.82 Å². The highest BCUT2D eigenvalue weighted by atomic mass is 16.3. The van der Waals surface area contributed by atoms with Gasteiger partial charge in [-0.2, -0.15) is 0 Å². The molecule has 22 heavy (non-hydrogen) atoms. The van der Waals surface area contributed by atoms with Crippen LogP contribution in [0.25, 0.3) is 0 Å². The Morgan fingerprint density at radius 1 is 1.36 bits per heavy atom. The van der Waals surface area contributed by atoms with E-state index in [1.165, 1.54) is 6.42 Å². The van der Waals surface area contributed by atoms with Gasteiger partial charge in [-0.25, -0.2) is 4.98 Å². The molecule has 1 aromatic rings. The van der Waals surface area contributed by atoms with Crippen molar-refractivity contribution < 1.29 is 9.90 Å². The maximum atomic E-state index is 12.4. The smallest absolute Gasteiger partial charge is 0.255 e. The van der Waals surface area contributed by atoms with Crippen LogP contribution in [0.2, 0.25) is 0 Å². The minimum Gasteiger partial charge on any atom is -0.391 e. The standard InChI is InChI=1S/C17H27N3O2/c1-13(2)11-14(21)12-19-17(22)15-7-6-8-18-16(15)20-9-4-3-5-10-20/h6-8,13-14,21H,3-5,9-12H2,1-2H3,(H,19,22). The Hall–Kier alpha value is -1.62. The maximum absolute atomic E-state index is 12.4. The van der Waals surface area contributed by atoms with Crippen LogP contribution in [-0.4, -0.2) is 41.7 Å². The van der Waals surface area contributed by atoms with Gasteiger partial charge in [0.05, 0.1) is 11.7 Å². The Morgan fingerprint density at radius 3 is 2.77 bits per heavy atom. The summed E-state index contributed by atoms with van der Waals surface area (Å²) in [4.78, 5) is 19.0. The quantitative estimate of drug-likeness (QED) is 0.846. The predicted octanol–water partition coefficient (Wildman–Crippen LogP) is 2.21. The summed E-state index contributed by atoms with van der Waals surface area (Å²) in [6.45, 7) is 6.30. The minimum absolute atomic E-state index is 0.156. The van der Waals surface area contributed by atoms with Crippen molar-refractivity contribution in [3.8, 4) is 0 Å². The van der Waals surface area contributed by atoms with Gasteiger partial charge in [-0.05, 0) is 43.7 Å². The fourth-order valence-corrected chi connectivity index (χ4v) is 2.87. The molecule has 1 saturated heterocycles. The molecule has 1 amide bonds. The number of aliphatic hydroxyl groups is 1. The highest BCUT2D eigenvalue weighted by molar-refractivity contribution is 5.98. The maximum Gasteiger partial charge on any atom is 0.255 e. The van der Waals surface area contributed by atoms with Crippen molar-refractivity contribution in [3.05, 3.63) is 23.9 Å². The average Bonchev–Trinajstić information content (AvgIpc) is 2.53. The van der Waals surface area contributed by atoms with Crippen LogP contribution in [0, 0.1) is 5.92 Å². The van der Waals surface area contributed by atoms with Gasteiger partial charge in [0.15, 0.2) is 0 Å². The number of amides is 1. The Labute approximate surface area is 132 Å². The van der Waals surface area contributed by atoms with E-state index in [-0.39, 0.29) is 12.5 Å². The lowest BCUT2D eigenvalue weighted by molar-refractivity contribution is 0.0900. The largest absolute Gasteiger partial charge is 0.391 e. The average molecular weight is 305 g/mol. The van der Waals surface area contributed by atoms with Gasteiger partial charge in [0, 0.05) is 25.8 Å². The van der Waals surface area contributed by atoms with Crippen molar-refractivity contribution in [2.24, 2.45) is 5.92 Å². The fraction of sp³-hybridized carbons (Fsp3) is 0.647. The van der Waals surface area contributed by atoms with E-state index in [4.69, 9.17) is 0 Å². The molecule has 0 radical (unpaired) electrons. The van der Waals surface area contributed by atoms with Gasteiger partial charge in [-0.3, -0.25) is 4.79 Å². The van der Waals surface area contributed by atoms with Crippen molar-refractivity contribution in [1.82, 2.24) is 10.3 Å². The number of pyridine rings is 1. The third-order valence-corrected chi connectivity index (χ3v) is 3.93. The fourth-order valence-electron chi connectivity index (χ4n) is 2.87. The van der Waals surface area contributed by atoms with Crippen molar-refractivity contribution >= 4 is 11.7 Å². The first kappa shape index (κ1) is 16.7. The summed E-state index contributed by atoms with van der Waals surface area (Å²) < 4.78 is 0. The van der Waals surface area contributed by atoms with Crippen LogP contribution in [-0.2, 0) is 0 Å². The summed E-state index contributed by atoms with van der Waals surface area (Å²) in [5.74, 6) is 1.02. The zero-order valence-electron chi connectivity index (χ0n) is 13.6. The molecule has 0 saturated carbocycles. The molecule has 1 aliphatic heterocycles. The number of carbonyl (C=O) groups excluding carboxylic acids is 1. The highest BCUT2D eigenvalue weighted by Crippen LogP contribution is 2.21. The van der Waals surface area contributed by atoms with E-state index in [0.29, 0.717) is 17.9 Å². The lowest BCUT2D eigenvalue weighted by atomic mass is 10.1. The van der Waals surface area contributed by atoms with E-state index in [1.54, 1.807) is 18.3 Å². The first-order valence-corrected chi connectivity index (χ1v) is 8.24. The van der Waals surface area contributed by atoms with Gasteiger partial charge in [-0.15, -0.1) is 0 Å². The molecule has 0 aliphatic carbocycles. The Kier molecular flexibility index (Phi) is 6.19. The summed E-state index contributed by atoms with van der Waals surface area (Å²) in [6.07, 6.45) is 5.45. The molecule has 0 bridgehead atoms. The van der Waals surface area contributed by atoms with Crippen LogP contribution < -0.4 is 10.2 Å². The van der Waals surface area contributed by atoms with E-state index in [1.807, 2.05) is 0 Å². The van der Waals surface area contributed by atoms with Crippen LogP contribution in [0.1, 0.15) is 49.9 Å². The van der Waals surface area contributed by atoms with Crippen LogP contribution in [0.4, 0.5) is 5.82 Å². The normalized spacial score (nSPS) is 16.6. The number of hydrogen-bond donors (Lipinski definition) is 2. The summed E-state index contributed by atoms with van der Waals surface area (Å²) >= 11 is 0. The zero-order valence-corrected chi connectivity index (χ0v) is 13.6. The van der Waals surface area contributed by atoms with Gasteiger partial charge < -0.3 is 15.3 Å². The van der Waals surface area contributed by atoms with E-state index in [0.717, 1.165) is 31.7 Å². The number of hydrogen-bond acceptors (Lipinski definition) is 4. The van der Waals surface area contributed by atoms with Crippen LogP contribution in [0.3, 0.4) is 0 Å². The summed E-state index contributed by atoms with van der Waals surface area (Å²) in [5.41, 5.74) is 0.598. The van der Waals surface area contributed by atoms with Crippen LogP contribution in [0.5, 0.6) is 0 Å². The molecule has 0 spiro atoms. The summed E-state index contributed by atoms with van der Waals surface area (Å²) in [7, 11) is 0. The van der Waals surface area contributed by atoms with E-state index < -0.39 is 6.10 Å². The predicted molar refractivity (Wildman–Crippen MR) is 88.1 cm³/mol. The first-order chi connectivity index (χ1) is 10.6. The van der Waals surface area contributed by atoms with Crippen molar-refractivity contribution in [2.45, 2.75) is 45.6 Å². The second-order valence-corrected chi connectivity index (χ2v) is 6.42. The van der Waals surface area contributed by atoms with Crippen molar-refractivity contribution in [1.29, 1.82) is 0 Å². The van der Waals surface area contributed by atoms with Crippen molar-refractivity contribution in [3.63, 3.8) is 0 Å². The van der Waals surface area contributed by atoms with E-state index >= 15 is 0 Å². The topological polar surface area (TPSA) is 65.5 Å². The number of rotatable bonds is 6. The third kappa shape index (κ3) is 4.70. The molecule has 1 aliphatic rings. The van der Waals surface area contributed by atoms with Gasteiger partial charge >= 0.3 is 0 Å². The second-order valence-electron chi connectivity index (χ2n) is 6.42. The van der Waals surface area contributed by atoms with Crippen LogP contribution in [0.15, 0.2) is 18.3 Å². The molecule has 1 atom stereocenters. The number of aliphatic hydroxyl groups excluding tert-OH is 1. The van der Waals surface area contributed by atoms with E-state index in [9.17, 15) is 9.90 Å². The summed E-state index contributed by atoms with van der Waals surface area (Å²) in [6, 6.07) is 3.59. The van der Waals surface area contributed by atoms with Gasteiger partial charge in [0.25, 0.3) is 5.91 Å². The number of anilines is 1. The Bertz CT molecular complexity index is 485. The van der Waals surface area contributed by atoms with Gasteiger partial charge in [-0.1, -0.05) is 13.8 Å². The molecule has 2 heterocycles. The molecule has 2 rings (SSSR count). The molecule has 1 unspecified atom stereocenters. The molecule has 1 aromatic heterocycles. The minimum atomic E-state index is -0.501. The number of aromatic nitrogens is 1. The Balaban J connectivity index is 2.00. The van der Waals surface area contributed by atoms with Gasteiger partial charge in [0.2, 0.25) is 0 Å². The third-order valence-electron chi connectivity index (χ3n) is 3.93. The molecule has 0 aromatic carbocycles. The van der Waals surface area contributed by atoms with Crippen LogP contribution >= 0.6 is 0 Å². The molecular formula is C17H27N3O2. The molecular weight excluding hydrogens is 278 g/mol. The molecule has 5 heteroatoms. The number of nitrogens with one attached hydrogen (secondary N) is 1. The molecule has 5 nitrogen and oxygen atoms in total. The van der Waals surface area contributed by atoms with Crippen molar-refractivity contribution in [2.75, 3.05) is 24.5 Å². The highest BCUT2D eigenvalue weighted by Gasteiger charge is 2.20. The molecule has 2 N–H and O–H groups in total. The second kappa shape index (κ2) is 8.13. The molecule has 1 fully saturated rings. The number of carbonyl (C=O) groups is 1. The zero-order chi connectivity index (χ0) is 15.9. The molecule has 122 valence electrons. The lowest BCUT2D eigenvalue weighted by Crippen LogP contribution is -2.36. The number of nitrogens with zero attached hydrogens (tertiary/aromatic N) is 2. The Morgan fingerprint density at radius 2 is 2.09 bits per heavy atom. The van der Waals surface area contributed by atoms with E-state index in [2.05, 4.69) is 29.0 Å². The first-order valence-electron chi connectivity index (χ1n) is 8.24. The summed E-state index contributed by atoms with van der Waals surface area (Å²) in [5, 5.41) is 12.7.